The zero-order valence-corrected chi connectivity index (χ0v) is 14.4. The molecule has 23 heavy (non-hydrogen) atoms. The van der Waals surface area contributed by atoms with Gasteiger partial charge in [-0.1, -0.05) is 25.1 Å². The zero-order valence-electron chi connectivity index (χ0n) is 13.6. The SMILES string of the molecule is CCNCC1CCN(Cc2nnnn2-c2ccccc2)CC1.Cl. The molecular formula is C16H25ClN6. The van der Waals surface area contributed by atoms with Crippen LogP contribution in [-0.4, -0.2) is 51.3 Å². The number of para-hydroxylation sites is 1. The third-order valence-corrected chi connectivity index (χ3v) is 4.29. The van der Waals surface area contributed by atoms with Gasteiger partial charge < -0.3 is 5.32 Å². The lowest BCUT2D eigenvalue weighted by atomic mass is 9.97. The average Bonchev–Trinajstić information content (AvgIpc) is 3.03. The Balaban J connectivity index is 0.00000192. The molecule has 126 valence electrons. The normalized spacial score (nSPS) is 16.2. The molecule has 3 rings (SSSR count). The van der Waals surface area contributed by atoms with Crippen molar-refractivity contribution in [3.8, 4) is 5.69 Å². The Hall–Kier alpha value is -1.50. The summed E-state index contributed by atoms with van der Waals surface area (Å²) in [6, 6.07) is 10.1. The summed E-state index contributed by atoms with van der Waals surface area (Å²) >= 11 is 0. The summed E-state index contributed by atoms with van der Waals surface area (Å²) in [5, 5.41) is 15.6. The van der Waals surface area contributed by atoms with E-state index in [0.29, 0.717) is 0 Å². The largest absolute Gasteiger partial charge is 0.317 e. The van der Waals surface area contributed by atoms with Crippen molar-refractivity contribution in [3.05, 3.63) is 36.2 Å². The minimum Gasteiger partial charge on any atom is -0.317 e. The van der Waals surface area contributed by atoms with E-state index in [1.165, 1.54) is 12.8 Å². The third-order valence-electron chi connectivity index (χ3n) is 4.29. The second-order valence-corrected chi connectivity index (χ2v) is 5.87. The number of tetrazole rings is 1. The summed E-state index contributed by atoms with van der Waals surface area (Å²) < 4.78 is 1.84. The fourth-order valence-corrected chi connectivity index (χ4v) is 2.97. The van der Waals surface area contributed by atoms with Crippen molar-refractivity contribution in [1.29, 1.82) is 0 Å². The predicted octanol–water partition coefficient (Wildman–Crippen LogP) is 1.91. The number of likely N-dealkylation sites (tertiary alicyclic amines) is 1. The number of piperidine rings is 1. The van der Waals surface area contributed by atoms with Gasteiger partial charge in [-0.3, -0.25) is 4.90 Å². The van der Waals surface area contributed by atoms with Crippen LogP contribution in [0.3, 0.4) is 0 Å². The third kappa shape index (κ3) is 4.73. The number of aromatic nitrogens is 4. The van der Waals surface area contributed by atoms with E-state index in [2.05, 4.69) is 32.7 Å². The van der Waals surface area contributed by atoms with Gasteiger partial charge in [0.25, 0.3) is 0 Å². The molecule has 6 nitrogen and oxygen atoms in total. The van der Waals surface area contributed by atoms with E-state index >= 15 is 0 Å². The lowest BCUT2D eigenvalue weighted by Gasteiger charge is -2.31. The van der Waals surface area contributed by atoms with Crippen molar-refractivity contribution in [3.63, 3.8) is 0 Å². The smallest absolute Gasteiger partial charge is 0.170 e. The van der Waals surface area contributed by atoms with Gasteiger partial charge in [0.1, 0.15) is 0 Å². The quantitative estimate of drug-likeness (QED) is 0.873. The van der Waals surface area contributed by atoms with Crippen LogP contribution in [0.4, 0.5) is 0 Å². The van der Waals surface area contributed by atoms with Crippen LogP contribution in [0.5, 0.6) is 0 Å². The Labute approximate surface area is 143 Å². The van der Waals surface area contributed by atoms with E-state index in [1.807, 2.05) is 35.0 Å². The number of halogens is 1. The van der Waals surface area contributed by atoms with Crippen LogP contribution in [0, 0.1) is 5.92 Å². The Kier molecular flexibility index (Phi) is 6.95. The highest BCUT2D eigenvalue weighted by Gasteiger charge is 2.20. The predicted molar refractivity (Wildman–Crippen MR) is 92.9 cm³/mol. The van der Waals surface area contributed by atoms with Crippen molar-refractivity contribution < 1.29 is 0 Å². The van der Waals surface area contributed by atoms with Crippen LogP contribution in [-0.2, 0) is 6.54 Å². The molecule has 0 aliphatic carbocycles. The van der Waals surface area contributed by atoms with E-state index in [4.69, 9.17) is 0 Å². The Morgan fingerprint density at radius 1 is 1.17 bits per heavy atom. The van der Waals surface area contributed by atoms with Gasteiger partial charge in [-0.05, 0) is 67.5 Å². The first-order valence-electron chi connectivity index (χ1n) is 8.12. The summed E-state index contributed by atoms with van der Waals surface area (Å²) in [5.74, 6) is 1.72. The first-order chi connectivity index (χ1) is 10.9. The van der Waals surface area contributed by atoms with Crippen molar-refractivity contribution in [2.75, 3.05) is 26.2 Å². The Bertz CT molecular complexity index is 565. The highest BCUT2D eigenvalue weighted by atomic mass is 35.5. The van der Waals surface area contributed by atoms with Crippen LogP contribution >= 0.6 is 12.4 Å². The number of hydrogen-bond donors (Lipinski definition) is 1. The maximum Gasteiger partial charge on any atom is 0.170 e. The highest BCUT2D eigenvalue weighted by molar-refractivity contribution is 5.85. The average molecular weight is 337 g/mol. The molecular weight excluding hydrogens is 312 g/mol. The fourth-order valence-electron chi connectivity index (χ4n) is 2.97. The van der Waals surface area contributed by atoms with Crippen LogP contribution in [0.25, 0.3) is 5.69 Å². The van der Waals surface area contributed by atoms with E-state index in [0.717, 1.165) is 50.2 Å². The van der Waals surface area contributed by atoms with Crippen LogP contribution < -0.4 is 5.32 Å². The monoisotopic (exact) mass is 336 g/mol. The number of hydrogen-bond acceptors (Lipinski definition) is 5. The molecule has 0 unspecified atom stereocenters. The van der Waals surface area contributed by atoms with Gasteiger partial charge in [0.05, 0.1) is 12.2 Å². The minimum atomic E-state index is 0. The first-order valence-corrected chi connectivity index (χ1v) is 8.12. The number of nitrogens with one attached hydrogen (secondary N) is 1. The van der Waals surface area contributed by atoms with Gasteiger partial charge in [0, 0.05) is 0 Å². The Morgan fingerprint density at radius 2 is 1.91 bits per heavy atom. The molecule has 0 saturated carbocycles. The molecule has 1 aromatic heterocycles. The molecule has 2 aromatic rings. The minimum absolute atomic E-state index is 0. The topological polar surface area (TPSA) is 58.9 Å². The number of nitrogens with zero attached hydrogens (tertiary/aromatic N) is 5. The Morgan fingerprint density at radius 3 is 2.61 bits per heavy atom. The second kappa shape index (κ2) is 8.96. The lowest BCUT2D eigenvalue weighted by molar-refractivity contribution is 0.171. The lowest BCUT2D eigenvalue weighted by Crippen LogP contribution is -2.37. The fraction of sp³-hybridized carbons (Fsp3) is 0.562. The molecule has 1 N–H and O–H groups in total. The molecule has 1 fully saturated rings. The zero-order chi connectivity index (χ0) is 15.2. The summed E-state index contributed by atoms with van der Waals surface area (Å²) in [4.78, 5) is 2.45. The standard InChI is InChI=1S/C16H24N6.ClH/c1-2-17-12-14-8-10-21(11-9-14)13-16-18-19-20-22(16)15-6-4-3-5-7-15;/h3-7,14,17H,2,8-13H2,1H3;1H. The van der Waals surface area contributed by atoms with Crippen molar-refractivity contribution in [1.82, 2.24) is 30.4 Å². The summed E-state index contributed by atoms with van der Waals surface area (Å²) in [6.07, 6.45) is 2.50. The maximum absolute atomic E-state index is 4.20. The second-order valence-electron chi connectivity index (χ2n) is 5.87. The van der Waals surface area contributed by atoms with E-state index < -0.39 is 0 Å². The van der Waals surface area contributed by atoms with E-state index in [9.17, 15) is 0 Å². The highest BCUT2D eigenvalue weighted by Crippen LogP contribution is 2.18. The maximum atomic E-state index is 4.20. The molecule has 0 spiro atoms. The van der Waals surface area contributed by atoms with Gasteiger partial charge in [0.2, 0.25) is 0 Å². The molecule has 0 amide bonds. The number of benzene rings is 1. The van der Waals surface area contributed by atoms with Crippen molar-refractivity contribution in [2.45, 2.75) is 26.3 Å². The molecule has 1 saturated heterocycles. The van der Waals surface area contributed by atoms with Crippen LogP contribution in [0.2, 0.25) is 0 Å². The summed E-state index contributed by atoms with van der Waals surface area (Å²) in [7, 11) is 0. The first kappa shape index (κ1) is 17.8. The van der Waals surface area contributed by atoms with Gasteiger partial charge >= 0.3 is 0 Å². The van der Waals surface area contributed by atoms with Gasteiger partial charge in [-0.2, -0.15) is 4.68 Å². The van der Waals surface area contributed by atoms with Gasteiger partial charge in [0.15, 0.2) is 5.82 Å². The van der Waals surface area contributed by atoms with Gasteiger partial charge in [-0.25, -0.2) is 0 Å². The van der Waals surface area contributed by atoms with Crippen molar-refractivity contribution in [2.24, 2.45) is 5.92 Å². The molecule has 0 bridgehead atoms. The number of rotatable bonds is 6. The van der Waals surface area contributed by atoms with Crippen LogP contribution in [0.15, 0.2) is 30.3 Å². The van der Waals surface area contributed by atoms with Crippen LogP contribution in [0.1, 0.15) is 25.6 Å². The van der Waals surface area contributed by atoms with Gasteiger partial charge in [-0.15, -0.1) is 17.5 Å². The summed E-state index contributed by atoms with van der Waals surface area (Å²) in [5.41, 5.74) is 1.02. The molecule has 1 aromatic carbocycles. The van der Waals surface area contributed by atoms with Crippen molar-refractivity contribution >= 4 is 12.4 Å². The van der Waals surface area contributed by atoms with E-state index in [1.54, 1.807) is 0 Å². The summed E-state index contributed by atoms with van der Waals surface area (Å²) in [6.45, 7) is 7.43. The molecule has 0 radical (unpaired) electrons. The molecule has 1 aliphatic rings. The molecule has 2 heterocycles. The molecule has 7 heteroatoms. The van der Waals surface area contributed by atoms with E-state index in [-0.39, 0.29) is 12.4 Å². The molecule has 0 atom stereocenters. The molecule has 1 aliphatic heterocycles.